The number of rotatable bonds is 8. The predicted octanol–water partition coefficient (Wildman–Crippen LogP) is 1.92. The minimum Gasteiger partial charge on any atom is -0.496 e. The van der Waals surface area contributed by atoms with E-state index in [9.17, 15) is 14.7 Å². The van der Waals surface area contributed by atoms with Gasteiger partial charge in [-0.15, -0.1) is 0 Å². The van der Waals surface area contributed by atoms with Gasteiger partial charge >= 0.3 is 0 Å². The van der Waals surface area contributed by atoms with Gasteiger partial charge in [0.2, 0.25) is 0 Å². The fourth-order valence-corrected chi connectivity index (χ4v) is 3.43. The first-order valence-electron chi connectivity index (χ1n) is 9.28. The van der Waals surface area contributed by atoms with E-state index < -0.39 is 11.8 Å². The van der Waals surface area contributed by atoms with E-state index in [1.54, 1.807) is 54.4 Å². The molecule has 8 nitrogen and oxygen atoms in total. The van der Waals surface area contributed by atoms with Crippen LogP contribution in [-0.2, 0) is 9.59 Å². The Morgan fingerprint density at radius 3 is 2.20 bits per heavy atom. The van der Waals surface area contributed by atoms with Gasteiger partial charge in [-0.05, 0) is 18.2 Å². The number of aliphatic hydroxyl groups excluding tert-OH is 1. The highest BCUT2D eigenvalue weighted by Gasteiger charge is 2.42. The van der Waals surface area contributed by atoms with Gasteiger partial charge in [-0.3, -0.25) is 9.59 Å². The van der Waals surface area contributed by atoms with Crippen LogP contribution >= 0.6 is 0 Å². The zero-order valence-electron chi connectivity index (χ0n) is 17.3. The van der Waals surface area contributed by atoms with E-state index >= 15 is 0 Å². The van der Waals surface area contributed by atoms with Crippen LogP contribution in [-0.4, -0.2) is 63.3 Å². The maximum absolute atomic E-state index is 13.5. The highest BCUT2D eigenvalue weighted by Crippen LogP contribution is 2.40. The molecule has 3 rings (SSSR count). The van der Waals surface area contributed by atoms with Gasteiger partial charge in [0.1, 0.15) is 11.4 Å². The van der Waals surface area contributed by atoms with Gasteiger partial charge in [-0.2, -0.15) is 0 Å². The van der Waals surface area contributed by atoms with Gasteiger partial charge in [0.05, 0.1) is 39.2 Å². The quantitative estimate of drug-likeness (QED) is 0.663. The van der Waals surface area contributed by atoms with Crippen molar-refractivity contribution in [1.29, 1.82) is 0 Å². The normalized spacial score (nSPS) is 13.7. The van der Waals surface area contributed by atoms with Crippen molar-refractivity contribution in [2.45, 2.75) is 0 Å². The first kappa shape index (κ1) is 21.2. The molecule has 158 valence electrons. The van der Waals surface area contributed by atoms with Crippen LogP contribution in [0.1, 0.15) is 5.56 Å². The maximum Gasteiger partial charge on any atom is 0.282 e. The summed E-state index contributed by atoms with van der Waals surface area (Å²) in [6, 6.07) is 11.8. The molecule has 1 aliphatic rings. The molecule has 0 fully saturated rings. The van der Waals surface area contributed by atoms with Gasteiger partial charge in [0.15, 0.2) is 11.5 Å². The Hall–Kier alpha value is -3.52. The van der Waals surface area contributed by atoms with Crippen molar-refractivity contribution in [2.24, 2.45) is 0 Å². The Morgan fingerprint density at radius 1 is 0.900 bits per heavy atom. The topological polar surface area (TPSA) is 88.5 Å². The van der Waals surface area contributed by atoms with E-state index in [1.807, 2.05) is 0 Å². The highest BCUT2D eigenvalue weighted by atomic mass is 16.5. The number of methoxy groups -OCH3 is 3. The number of carbonyl (C=O) groups excluding carboxylic acids is 2. The van der Waals surface area contributed by atoms with Crippen LogP contribution in [0, 0.1) is 0 Å². The summed E-state index contributed by atoms with van der Waals surface area (Å²) in [5, 5.41) is 9.39. The SMILES string of the molecule is COc1ccc(N2C(=O)C(c3ccccc3OC)=C(N(C)CCO)C2=O)cc1OC. The number of hydrogen-bond donors (Lipinski definition) is 1. The molecule has 0 bridgehead atoms. The fraction of sp³-hybridized carbons (Fsp3) is 0.273. The average molecular weight is 412 g/mol. The first-order valence-corrected chi connectivity index (χ1v) is 9.28. The Kier molecular flexibility index (Phi) is 6.27. The van der Waals surface area contributed by atoms with Crippen molar-refractivity contribution in [2.75, 3.05) is 46.4 Å². The molecule has 0 aliphatic carbocycles. The molecule has 2 aromatic rings. The summed E-state index contributed by atoms with van der Waals surface area (Å²) in [6.45, 7) is 0.0177. The second-order valence-corrected chi connectivity index (χ2v) is 6.55. The third-order valence-corrected chi connectivity index (χ3v) is 4.88. The van der Waals surface area contributed by atoms with Gasteiger partial charge in [-0.25, -0.2) is 4.90 Å². The lowest BCUT2D eigenvalue weighted by Gasteiger charge is -2.21. The standard InChI is InChI=1S/C22H24N2O6/c1-23(11-12-25)20-19(15-7-5-6-8-16(15)28-2)21(26)24(22(20)27)14-9-10-17(29-3)18(13-14)30-4/h5-10,13,25H,11-12H2,1-4H3. The van der Waals surface area contributed by atoms with Crippen LogP contribution in [0.15, 0.2) is 48.2 Å². The number of para-hydroxylation sites is 1. The molecule has 0 saturated carbocycles. The number of carbonyl (C=O) groups is 2. The molecule has 0 unspecified atom stereocenters. The second-order valence-electron chi connectivity index (χ2n) is 6.55. The average Bonchev–Trinajstić information content (AvgIpc) is 3.03. The van der Waals surface area contributed by atoms with E-state index in [4.69, 9.17) is 14.2 Å². The molecule has 8 heteroatoms. The molecular formula is C22H24N2O6. The summed E-state index contributed by atoms with van der Waals surface area (Å²) in [5.74, 6) is 0.362. The summed E-state index contributed by atoms with van der Waals surface area (Å²) < 4.78 is 16.0. The molecule has 1 aliphatic heterocycles. The molecule has 1 N–H and O–H groups in total. The molecular weight excluding hydrogens is 388 g/mol. The van der Waals surface area contributed by atoms with Gasteiger partial charge in [0.25, 0.3) is 11.8 Å². The number of nitrogens with zero attached hydrogens (tertiary/aromatic N) is 2. The Morgan fingerprint density at radius 2 is 1.57 bits per heavy atom. The Bertz CT molecular complexity index is 1000. The third-order valence-electron chi connectivity index (χ3n) is 4.88. The third kappa shape index (κ3) is 3.57. The number of likely N-dealkylation sites (N-methyl/N-ethyl adjacent to an activating group) is 1. The lowest BCUT2D eigenvalue weighted by molar-refractivity contribution is -0.120. The van der Waals surface area contributed by atoms with Crippen molar-refractivity contribution in [3.8, 4) is 17.2 Å². The lowest BCUT2D eigenvalue weighted by Crippen LogP contribution is -2.34. The number of ether oxygens (including phenoxy) is 3. The number of benzene rings is 2. The summed E-state index contributed by atoms with van der Waals surface area (Å²) in [7, 11) is 6.15. The first-order chi connectivity index (χ1) is 14.5. The number of imide groups is 1. The monoisotopic (exact) mass is 412 g/mol. The van der Waals surface area contributed by atoms with Crippen LogP contribution in [0.25, 0.3) is 5.57 Å². The molecule has 30 heavy (non-hydrogen) atoms. The van der Waals surface area contributed by atoms with Crippen LogP contribution < -0.4 is 19.1 Å². The molecule has 0 radical (unpaired) electrons. The molecule has 0 aromatic heterocycles. The summed E-state index contributed by atoms with van der Waals surface area (Å²) >= 11 is 0. The smallest absolute Gasteiger partial charge is 0.282 e. The summed E-state index contributed by atoms with van der Waals surface area (Å²) in [4.78, 5) is 29.5. The predicted molar refractivity (Wildman–Crippen MR) is 112 cm³/mol. The molecule has 1 heterocycles. The highest BCUT2D eigenvalue weighted by molar-refractivity contribution is 6.45. The number of aliphatic hydroxyl groups is 1. The molecule has 0 atom stereocenters. The van der Waals surface area contributed by atoms with Gasteiger partial charge in [-0.1, -0.05) is 18.2 Å². The zero-order valence-corrected chi connectivity index (χ0v) is 17.3. The minimum atomic E-state index is -0.496. The molecule has 0 saturated heterocycles. The second kappa shape index (κ2) is 8.87. The van der Waals surface area contributed by atoms with Crippen LogP contribution in [0.4, 0.5) is 5.69 Å². The van der Waals surface area contributed by atoms with Crippen molar-refractivity contribution < 1.29 is 28.9 Å². The van der Waals surface area contributed by atoms with E-state index in [2.05, 4.69) is 0 Å². The molecule has 2 aromatic carbocycles. The largest absolute Gasteiger partial charge is 0.496 e. The number of hydrogen-bond acceptors (Lipinski definition) is 7. The molecule has 0 spiro atoms. The van der Waals surface area contributed by atoms with E-state index in [0.29, 0.717) is 28.5 Å². The summed E-state index contributed by atoms with van der Waals surface area (Å²) in [5.41, 5.74) is 1.25. The van der Waals surface area contributed by atoms with E-state index in [-0.39, 0.29) is 24.4 Å². The fourth-order valence-electron chi connectivity index (χ4n) is 3.43. The summed E-state index contributed by atoms with van der Waals surface area (Å²) in [6.07, 6.45) is 0. The minimum absolute atomic E-state index is 0.170. The van der Waals surface area contributed by atoms with E-state index in [1.165, 1.54) is 21.3 Å². The number of amides is 2. The van der Waals surface area contributed by atoms with Crippen molar-refractivity contribution in [1.82, 2.24) is 4.90 Å². The Balaban J connectivity index is 2.16. The van der Waals surface area contributed by atoms with Crippen molar-refractivity contribution >= 4 is 23.1 Å². The van der Waals surface area contributed by atoms with Crippen LogP contribution in [0.5, 0.6) is 17.2 Å². The Labute approximate surface area is 174 Å². The van der Waals surface area contributed by atoms with Gasteiger partial charge in [0, 0.05) is 25.2 Å². The lowest BCUT2D eigenvalue weighted by atomic mass is 10.0. The maximum atomic E-state index is 13.5. The number of anilines is 1. The van der Waals surface area contributed by atoms with Crippen molar-refractivity contribution in [3.05, 3.63) is 53.7 Å². The zero-order chi connectivity index (χ0) is 21.8. The van der Waals surface area contributed by atoms with Crippen LogP contribution in [0.2, 0.25) is 0 Å². The van der Waals surface area contributed by atoms with Crippen LogP contribution in [0.3, 0.4) is 0 Å². The van der Waals surface area contributed by atoms with Gasteiger partial charge < -0.3 is 24.2 Å². The van der Waals surface area contributed by atoms with E-state index in [0.717, 1.165) is 4.90 Å². The van der Waals surface area contributed by atoms with Crippen molar-refractivity contribution in [3.63, 3.8) is 0 Å². The molecule has 2 amide bonds.